The van der Waals surface area contributed by atoms with Crippen molar-refractivity contribution in [3.8, 4) is 17.6 Å². The predicted octanol–water partition coefficient (Wildman–Crippen LogP) is 2.78. The van der Waals surface area contributed by atoms with Crippen molar-refractivity contribution >= 4 is 34.2 Å². The molecule has 0 radical (unpaired) electrons. The molecule has 0 saturated carbocycles. The minimum absolute atomic E-state index is 0.0243. The lowest BCUT2D eigenvalue weighted by Crippen LogP contribution is -2.42. The van der Waals surface area contributed by atoms with Gasteiger partial charge in [0.1, 0.15) is 34.1 Å². The first kappa shape index (κ1) is 18.1. The van der Waals surface area contributed by atoms with Crippen molar-refractivity contribution in [1.29, 1.82) is 5.26 Å². The number of benzene rings is 2. The quantitative estimate of drug-likeness (QED) is 0.474. The van der Waals surface area contributed by atoms with Crippen LogP contribution in [0.25, 0.3) is 11.0 Å². The maximum absolute atomic E-state index is 13.4. The summed E-state index contributed by atoms with van der Waals surface area (Å²) < 4.78 is 10.9. The summed E-state index contributed by atoms with van der Waals surface area (Å²) in [6, 6.07) is 9.29. The molecule has 2 aliphatic rings. The van der Waals surface area contributed by atoms with E-state index in [9.17, 15) is 20.0 Å². The Morgan fingerprint density at radius 1 is 1.30 bits per heavy atom. The third-order valence-electron chi connectivity index (χ3n) is 5.48. The van der Waals surface area contributed by atoms with Crippen LogP contribution in [0, 0.1) is 18.3 Å². The number of hydrogen-bond donors (Lipinski definition) is 3. The second-order valence-corrected chi connectivity index (χ2v) is 7.45. The van der Waals surface area contributed by atoms with Gasteiger partial charge in [-0.2, -0.15) is 5.26 Å². The van der Waals surface area contributed by atoms with Crippen LogP contribution in [0.2, 0.25) is 5.02 Å². The zero-order valence-electron chi connectivity index (χ0n) is 15.4. The number of para-hydroxylation sites is 1. The summed E-state index contributed by atoms with van der Waals surface area (Å²) in [4.78, 5) is 25.2. The summed E-state index contributed by atoms with van der Waals surface area (Å²) >= 11 is 6.28. The lowest BCUT2D eigenvalue weighted by atomic mass is 9.68. The van der Waals surface area contributed by atoms with Crippen LogP contribution in [0.1, 0.15) is 16.7 Å². The van der Waals surface area contributed by atoms with Crippen LogP contribution >= 0.6 is 11.6 Å². The molecule has 1 aromatic heterocycles. The molecule has 2 aromatic carbocycles. The number of halogens is 1. The number of phenolic OH excluding ortho intramolecular Hbond substituents is 1. The molecule has 4 N–H and O–H groups in total. The van der Waals surface area contributed by atoms with E-state index < -0.39 is 22.7 Å². The number of nitriles is 1. The highest BCUT2D eigenvalue weighted by molar-refractivity contribution is 6.35. The van der Waals surface area contributed by atoms with Crippen molar-refractivity contribution in [1.82, 2.24) is 0 Å². The highest BCUT2D eigenvalue weighted by atomic mass is 35.5. The lowest BCUT2D eigenvalue weighted by Gasteiger charge is -2.34. The monoisotopic (exact) mass is 421 g/mol. The second-order valence-electron chi connectivity index (χ2n) is 7.04. The minimum atomic E-state index is -1.78. The van der Waals surface area contributed by atoms with Crippen LogP contribution in [-0.2, 0) is 10.2 Å². The number of nitrogens with two attached hydrogens (primary N) is 1. The molecule has 8 nitrogen and oxygen atoms in total. The van der Waals surface area contributed by atoms with E-state index in [4.69, 9.17) is 26.5 Å². The Labute approximate surface area is 173 Å². The highest BCUT2D eigenvalue weighted by Gasteiger charge is 2.58. The fraction of sp³-hybridized carbons (Fsp3) is 0.0952. The number of carbonyl (C=O) groups excluding carboxylic acids is 1. The van der Waals surface area contributed by atoms with Gasteiger partial charge in [0.2, 0.25) is 11.8 Å². The fourth-order valence-electron chi connectivity index (χ4n) is 4.33. The van der Waals surface area contributed by atoms with Gasteiger partial charge >= 0.3 is 5.63 Å². The molecular weight excluding hydrogens is 410 g/mol. The van der Waals surface area contributed by atoms with Gasteiger partial charge in [0.25, 0.3) is 0 Å². The standard InChI is InChI=1S/C21H12ClN3O5/c1-8-5-14(27)29-13-6-12(26)16-18(15(8)13)30-19(24)10(7-23)21(16)9-3-2-4-11(22)17(9)25-20(21)28/h2-6,26H,24H2,1H3,(H,25,28). The Morgan fingerprint density at radius 3 is 2.80 bits per heavy atom. The second kappa shape index (κ2) is 5.78. The number of nitrogens with one attached hydrogen (secondary N) is 1. The van der Waals surface area contributed by atoms with Gasteiger partial charge in [-0.05, 0) is 18.6 Å². The number of nitrogens with zero attached hydrogens (tertiary/aromatic N) is 1. The number of aryl methyl sites for hydroxylation is 1. The van der Waals surface area contributed by atoms with Crippen molar-refractivity contribution in [2.45, 2.75) is 12.3 Å². The van der Waals surface area contributed by atoms with Gasteiger partial charge < -0.3 is 25.3 Å². The van der Waals surface area contributed by atoms with Gasteiger partial charge in [-0.15, -0.1) is 0 Å². The predicted molar refractivity (Wildman–Crippen MR) is 107 cm³/mol. The smallest absolute Gasteiger partial charge is 0.336 e. The average molecular weight is 422 g/mol. The minimum Gasteiger partial charge on any atom is -0.507 e. The number of anilines is 1. The number of amides is 1. The lowest BCUT2D eigenvalue weighted by molar-refractivity contribution is -0.118. The molecule has 30 heavy (non-hydrogen) atoms. The number of phenols is 1. The highest BCUT2D eigenvalue weighted by Crippen LogP contribution is 2.58. The van der Waals surface area contributed by atoms with E-state index in [1.54, 1.807) is 25.1 Å². The Morgan fingerprint density at radius 2 is 2.07 bits per heavy atom. The van der Waals surface area contributed by atoms with Gasteiger partial charge in [-0.25, -0.2) is 4.79 Å². The zero-order chi connectivity index (χ0) is 21.4. The third kappa shape index (κ3) is 1.99. The van der Waals surface area contributed by atoms with Crippen LogP contribution in [0.3, 0.4) is 0 Å². The van der Waals surface area contributed by atoms with Crippen LogP contribution in [0.4, 0.5) is 5.69 Å². The van der Waals surface area contributed by atoms with E-state index in [0.717, 1.165) is 0 Å². The molecule has 2 aliphatic heterocycles. The molecule has 1 spiro atoms. The molecule has 0 bridgehead atoms. The van der Waals surface area contributed by atoms with Gasteiger partial charge in [-0.1, -0.05) is 23.7 Å². The summed E-state index contributed by atoms with van der Waals surface area (Å²) in [5.74, 6) is -1.27. The first-order valence-corrected chi connectivity index (χ1v) is 9.18. The number of aromatic hydroxyl groups is 1. The molecule has 0 fully saturated rings. The molecule has 3 heterocycles. The number of ether oxygens (including phenoxy) is 1. The SMILES string of the molecule is Cc1cc(=O)oc2cc(O)c3c(c12)OC(N)=C(C#N)C31C(=O)Nc2c(Cl)cccc21. The topological polar surface area (TPSA) is 139 Å². The van der Waals surface area contributed by atoms with Crippen LogP contribution < -0.4 is 21.4 Å². The molecule has 0 aliphatic carbocycles. The van der Waals surface area contributed by atoms with Gasteiger partial charge in [0.05, 0.1) is 21.7 Å². The van der Waals surface area contributed by atoms with E-state index in [2.05, 4.69) is 5.32 Å². The summed E-state index contributed by atoms with van der Waals surface area (Å²) in [5, 5.41) is 24.2. The Bertz CT molecular complexity index is 1450. The van der Waals surface area contributed by atoms with Crippen LogP contribution in [0.5, 0.6) is 11.5 Å². The van der Waals surface area contributed by atoms with Crippen molar-refractivity contribution in [3.63, 3.8) is 0 Å². The fourth-order valence-corrected chi connectivity index (χ4v) is 4.55. The van der Waals surface area contributed by atoms with Crippen LogP contribution in [-0.4, -0.2) is 11.0 Å². The molecule has 3 aromatic rings. The van der Waals surface area contributed by atoms with Gasteiger partial charge in [0.15, 0.2) is 0 Å². The maximum atomic E-state index is 13.4. The molecular formula is C21H12ClN3O5. The summed E-state index contributed by atoms with van der Waals surface area (Å²) in [7, 11) is 0. The first-order valence-electron chi connectivity index (χ1n) is 8.80. The maximum Gasteiger partial charge on any atom is 0.336 e. The number of fused-ring (bicyclic) bond motifs is 6. The number of carbonyl (C=O) groups is 1. The average Bonchev–Trinajstić information content (AvgIpc) is 2.95. The zero-order valence-corrected chi connectivity index (χ0v) is 16.1. The molecule has 0 saturated heterocycles. The van der Waals surface area contributed by atoms with E-state index in [1.807, 2.05) is 6.07 Å². The van der Waals surface area contributed by atoms with Gasteiger partial charge in [0, 0.05) is 17.7 Å². The molecule has 1 amide bonds. The number of hydrogen-bond acceptors (Lipinski definition) is 7. The normalized spacial score (nSPS) is 19.3. The molecule has 5 rings (SSSR count). The van der Waals surface area contributed by atoms with Crippen LogP contribution in [0.15, 0.2) is 51.0 Å². The van der Waals surface area contributed by atoms with E-state index in [-0.39, 0.29) is 33.4 Å². The largest absolute Gasteiger partial charge is 0.507 e. The Balaban J connectivity index is 2.03. The first-order chi connectivity index (χ1) is 14.3. The van der Waals surface area contributed by atoms with E-state index in [0.29, 0.717) is 22.2 Å². The summed E-state index contributed by atoms with van der Waals surface area (Å²) in [6.45, 7) is 1.66. The number of rotatable bonds is 0. The van der Waals surface area contributed by atoms with Gasteiger partial charge in [-0.3, -0.25) is 4.79 Å². The van der Waals surface area contributed by atoms with E-state index in [1.165, 1.54) is 12.1 Å². The molecule has 1 unspecified atom stereocenters. The Kier molecular flexibility index (Phi) is 3.49. The molecule has 9 heteroatoms. The summed E-state index contributed by atoms with van der Waals surface area (Å²) in [6.07, 6.45) is 0. The van der Waals surface area contributed by atoms with Crippen molar-refractivity contribution in [2.75, 3.05) is 5.32 Å². The van der Waals surface area contributed by atoms with Crippen molar-refractivity contribution in [2.24, 2.45) is 5.73 Å². The molecule has 1 atom stereocenters. The van der Waals surface area contributed by atoms with Crippen molar-refractivity contribution < 1.29 is 19.1 Å². The summed E-state index contributed by atoms with van der Waals surface area (Å²) in [5.41, 5.74) is 4.75. The van der Waals surface area contributed by atoms with Crippen molar-refractivity contribution in [3.05, 3.63) is 73.9 Å². The Hall–Kier alpha value is -3.96. The molecule has 148 valence electrons. The van der Waals surface area contributed by atoms with E-state index >= 15 is 0 Å². The third-order valence-corrected chi connectivity index (χ3v) is 5.80.